The minimum absolute atomic E-state index is 0.284. The van der Waals surface area contributed by atoms with Gasteiger partial charge in [0.1, 0.15) is 0 Å². The van der Waals surface area contributed by atoms with Crippen LogP contribution in [0.25, 0.3) is 0 Å². The maximum atomic E-state index is 11.7. The second kappa shape index (κ2) is 24.6. The molecule has 0 atom stereocenters. The minimum atomic E-state index is -0.423. The molecule has 0 spiro atoms. The molecule has 5 heteroatoms. The number of unbranched alkanes of at least 4 members (excludes halogenated alkanes) is 18. The van der Waals surface area contributed by atoms with Crippen molar-refractivity contribution >= 4 is 11.9 Å². The van der Waals surface area contributed by atoms with Crippen LogP contribution < -0.4 is 14.9 Å². The number of hydrogen-bond acceptors (Lipinski definition) is 5. The van der Waals surface area contributed by atoms with Crippen LogP contribution in [-0.4, -0.2) is 24.5 Å². The van der Waals surface area contributed by atoms with E-state index in [1.165, 1.54) is 128 Å². The summed E-state index contributed by atoms with van der Waals surface area (Å²) in [5, 5.41) is 9.64. The number of hydrogen-bond donors (Lipinski definition) is 1. The summed E-state index contributed by atoms with van der Waals surface area (Å²) in [6.07, 6.45) is 27.7. The standard InChI is InChI=1S/C38H59NO4/c1-3-5-7-9-11-13-15-17-19-21-29-42-37-28-23-33(32-39-34-24-26-35(40)36(41)27-25-34)31-38(37)43-30-22-20-18-16-14-12-10-8-6-4-2/h23-28,31-32H,3-22,29-30H2,1-2H3,(H,40,41). The number of rotatable bonds is 26. The third kappa shape index (κ3) is 17.8. The van der Waals surface area contributed by atoms with Gasteiger partial charge in [-0.05, 0) is 60.9 Å². The normalized spacial score (nSPS) is 11.3. The Hall–Kier alpha value is -2.82. The van der Waals surface area contributed by atoms with Crippen molar-refractivity contribution in [2.24, 2.45) is 4.99 Å². The highest BCUT2D eigenvalue weighted by atomic mass is 16.5. The van der Waals surface area contributed by atoms with Gasteiger partial charge >= 0.3 is 0 Å². The molecule has 0 saturated carbocycles. The molecule has 2 rings (SSSR count). The van der Waals surface area contributed by atoms with Crippen molar-refractivity contribution in [2.45, 2.75) is 142 Å². The smallest absolute Gasteiger partial charge is 0.220 e. The molecule has 0 aliphatic heterocycles. The van der Waals surface area contributed by atoms with E-state index >= 15 is 0 Å². The van der Waals surface area contributed by atoms with Crippen molar-refractivity contribution in [1.82, 2.24) is 0 Å². The maximum Gasteiger partial charge on any atom is 0.220 e. The molecule has 1 N–H and O–H groups in total. The Balaban J connectivity index is 1.83. The van der Waals surface area contributed by atoms with Crippen LogP contribution in [0.4, 0.5) is 5.69 Å². The molecule has 0 unspecified atom stereocenters. The van der Waals surface area contributed by atoms with E-state index in [0.29, 0.717) is 18.9 Å². The fourth-order valence-corrected chi connectivity index (χ4v) is 5.16. The van der Waals surface area contributed by atoms with Crippen LogP contribution in [0.15, 0.2) is 52.3 Å². The zero-order valence-electron chi connectivity index (χ0n) is 27.3. The van der Waals surface area contributed by atoms with Crippen molar-refractivity contribution in [3.63, 3.8) is 0 Å². The molecule has 2 aromatic rings. The quantitative estimate of drug-likeness (QED) is 0.0870. The Morgan fingerprint density at radius 1 is 0.581 bits per heavy atom. The Kier molecular flexibility index (Phi) is 20.8. The molecule has 0 aromatic heterocycles. The molecule has 0 aliphatic carbocycles. The van der Waals surface area contributed by atoms with Crippen molar-refractivity contribution in [1.29, 1.82) is 0 Å². The topological polar surface area (TPSA) is 68.1 Å². The summed E-state index contributed by atoms with van der Waals surface area (Å²) < 4.78 is 12.4. The predicted molar refractivity (Wildman–Crippen MR) is 183 cm³/mol. The van der Waals surface area contributed by atoms with Crippen LogP contribution in [0.1, 0.15) is 148 Å². The lowest BCUT2D eigenvalue weighted by Crippen LogP contribution is -2.03. The van der Waals surface area contributed by atoms with Gasteiger partial charge in [0.05, 0.1) is 18.9 Å². The number of aromatic hydroxyl groups is 1. The number of nitrogens with zero attached hydrogens (tertiary/aromatic N) is 1. The van der Waals surface area contributed by atoms with E-state index in [9.17, 15) is 9.90 Å². The van der Waals surface area contributed by atoms with Crippen LogP contribution in [0.3, 0.4) is 0 Å². The van der Waals surface area contributed by atoms with Gasteiger partial charge in [-0.2, -0.15) is 0 Å². The van der Waals surface area contributed by atoms with Crippen LogP contribution in [0.2, 0.25) is 0 Å². The van der Waals surface area contributed by atoms with E-state index in [1.807, 2.05) is 18.2 Å². The molecule has 0 aliphatic rings. The molecule has 0 fully saturated rings. The third-order valence-corrected chi connectivity index (χ3v) is 7.91. The van der Waals surface area contributed by atoms with Crippen LogP contribution in [-0.2, 0) is 0 Å². The number of aliphatic imine (C=N–C) groups is 1. The molecule has 0 heterocycles. The monoisotopic (exact) mass is 593 g/mol. The minimum Gasteiger partial charge on any atom is -0.504 e. The van der Waals surface area contributed by atoms with Gasteiger partial charge in [0.25, 0.3) is 0 Å². The summed E-state index contributed by atoms with van der Waals surface area (Å²) >= 11 is 0. The fourth-order valence-electron chi connectivity index (χ4n) is 5.16. The number of benzene rings is 1. The van der Waals surface area contributed by atoms with E-state index < -0.39 is 5.43 Å². The molecule has 43 heavy (non-hydrogen) atoms. The average Bonchev–Trinajstić information content (AvgIpc) is 3.18. The Morgan fingerprint density at radius 2 is 1.05 bits per heavy atom. The van der Waals surface area contributed by atoms with E-state index in [0.717, 1.165) is 29.9 Å². The molecule has 0 saturated heterocycles. The third-order valence-electron chi connectivity index (χ3n) is 7.91. The summed E-state index contributed by atoms with van der Waals surface area (Å²) in [4.78, 5) is 16.2. The maximum absolute atomic E-state index is 11.7. The first-order valence-electron chi connectivity index (χ1n) is 17.4. The summed E-state index contributed by atoms with van der Waals surface area (Å²) in [5.74, 6) is 1.25. The molecule has 0 radical (unpaired) electrons. The van der Waals surface area contributed by atoms with E-state index in [-0.39, 0.29) is 5.75 Å². The van der Waals surface area contributed by atoms with Crippen LogP contribution in [0, 0.1) is 0 Å². The highest BCUT2D eigenvalue weighted by Crippen LogP contribution is 2.29. The second-order valence-corrected chi connectivity index (χ2v) is 11.9. The summed E-state index contributed by atoms with van der Waals surface area (Å²) in [5.41, 5.74) is 1.06. The predicted octanol–water partition coefficient (Wildman–Crippen LogP) is 11.1. The lowest BCUT2D eigenvalue weighted by atomic mass is 10.1. The van der Waals surface area contributed by atoms with Gasteiger partial charge < -0.3 is 14.6 Å². The van der Waals surface area contributed by atoms with Gasteiger partial charge in [-0.3, -0.25) is 9.79 Å². The number of ether oxygens (including phenoxy) is 2. The first-order chi connectivity index (χ1) is 21.1. The summed E-state index contributed by atoms with van der Waals surface area (Å²) in [7, 11) is 0. The van der Waals surface area contributed by atoms with Gasteiger partial charge in [0.2, 0.25) is 5.43 Å². The Bertz CT molecular complexity index is 1070. The Morgan fingerprint density at radius 3 is 1.58 bits per heavy atom. The van der Waals surface area contributed by atoms with Gasteiger partial charge in [0.15, 0.2) is 17.2 Å². The SMILES string of the molecule is CCCCCCCCCCCCOc1ccc(C=Nc2ccc(O)c(=O)cc2)cc1OCCCCCCCCCCCC. The van der Waals surface area contributed by atoms with Gasteiger partial charge in [-0.25, -0.2) is 0 Å². The van der Waals surface area contributed by atoms with Gasteiger partial charge in [-0.15, -0.1) is 0 Å². The zero-order valence-corrected chi connectivity index (χ0v) is 27.3. The van der Waals surface area contributed by atoms with Crippen molar-refractivity contribution in [2.75, 3.05) is 13.2 Å². The molecule has 240 valence electrons. The van der Waals surface area contributed by atoms with Crippen molar-refractivity contribution in [3.8, 4) is 17.2 Å². The molecule has 0 bridgehead atoms. The highest BCUT2D eigenvalue weighted by Gasteiger charge is 2.07. The van der Waals surface area contributed by atoms with Crippen LogP contribution in [0.5, 0.6) is 17.2 Å². The fraction of sp³-hybridized carbons (Fsp3) is 0.632. The second-order valence-electron chi connectivity index (χ2n) is 11.9. The van der Waals surface area contributed by atoms with Gasteiger partial charge in [-0.1, -0.05) is 129 Å². The summed E-state index contributed by atoms with van der Waals surface area (Å²) in [6.45, 7) is 5.90. The van der Waals surface area contributed by atoms with E-state index in [1.54, 1.807) is 18.3 Å². The Labute approximate surface area is 262 Å². The molecular formula is C38H59NO4. The highest BCUT2D eigenvalue weighted by molar-refractivity contribution is 5.83. The van der Waals surface area contributed by atoms with Crippen LogP contribution >= 0.6 is 0 Å². The molecule has 2 aromatic carbocycles. The lowest BCUT2D eigenvalue weighted by molar-refractivity contribution is 0.258. The average molecular weight is 594 g/mol. The first-order valence-corrected chi connectivity index (χ1v) is 17.4. The van der Waals surface area contributed by atoms with E-state index in [2.05, 4.69) is 18.8 Å². The molecule has 5 nitrogen and oxygen atoms in total. The molecule has 0 amide bonds. The van der Waals surface area contributed by atoms with Crippen molar-refractivity contribution in [3.05, 3.63) is 58.3 Å². The lowest BCUT2D eigenvalue weighted by Gasteiger charge is -2.14. The van der Waals surface area contributed by atoms with Gasteiger partial charge in [0, 0.05) is 6.21 Å². The zero-order chi connectivity index (χ0) is 30.8. The van der Waals surface area contributed by atoms with Crippen molar-refractivity contribution < 1.29 is 14.6 Å². The first kappa shape index (κ1) is 36.4. The largest absolute Gasteiger partial charge is 0.504 e. The summed E-state index contributed by atoms with van der Waals surface area (Å²) in [6, 6.07) is 11.9. The molecular weight excluding hydrogens is 534 g/mol. The van der Waals surface area contributed by atoms with E-state index in [4.69, 9.17) is 9.47 Å².